The van der Waals surface area contributed by atoms with Gasteiger partial charge in [0.2, 0.25) is 0 Å². The summed E-state index contributed by atoms with van der Waals surface area (Å²) in [5.41, 5.74) is 6.89. The van der Waals surface area contributed by atoms with Crippen LogP contribution >= 0.6 is 0 Å². The average Bonchev–Trinajstić information content (AvgIpc) is 2.39. The zero-order valence-electron chi connectivity index (χ0n) is 8.33. The normalized spacial score (nSPS) is 40.5. The smallest absolute Gasteiger partial charge is 0.303 e. The van der Waals surface area contributed by atoms with Crippen LogP contribution in [0.15, 0.2) is 12.2 Å². The molecule has 78 valence electrons. The van der Waals surface area contributed by atoms with Gasteiger partial charge in [-0.1, -0.05) is 12.2 Å². The summed E-state index contributed by atoms with van der Waals surface area (Å²) >= 11 is 0. The minimum Gasteiger partial charge on any atom is -0.481 e. The molecule has 2 aliphatic carbocycles. The van der Waals surface area contributed by atoms with E-state index in [-0.39, 0.29) is 11.8 Å². The highest BCUT2D eigenvalue weighted by molar-refractivity contribution is 5.68. The van der Waals surface area contributed by atoms with Crippen LogP contribution < -0.4 is 5.73 Å². The molecule has 0 amide bonds. The summed E-state index contributed by atoms with van der Waals surface area (Å²) in [6.45, 7) is 4.49. The van der Waals surface area contributed by atoms with Gasteiger partial charge in [0.05, 0.1) is 6.42 Å². The summed E-state index contributed by atoms with van der Waals surface area (Å²) in [4.78, 5) is 10.8. The Morgan fingerprint density at radius 1 is 1.64 bits per heavy atom. The van der Waals surface area contributed by atoms with Gasteiger partial charge in [-0.15, -0.1) is 0 Å². The lowest BCUT2D eigenvalue weighted by molar-refractivity contribution is -0.145. The van der Waals surface area contributed by atoms with Crippen molar-refractivity contribution in [2.75, 3.05) is 6.54 Å². The van der Waals surface area contributed by atoms with Gasteiger partial charge in [0, 0.05) is 0 Å². The predicted octanol–water partition coefficient (Wildman–Crippen LogP) is 1.39. The van der Waals surface area contributed by atoms with E-state index in [1.165, 1.54) is 5.57 Å². The van der Waals surface area contributed by atoms with Crippen LogP contribution in [0.25, 0.3) is 0 Å². The average molecular weight is 195 g/mol. The maximum absolute atomic E-state index is 10.8. The van der Waals surface area contributed by atoms with Crippen molar-refractivity contribution in [2.24, 2.45) is 23.0 Å². The zero-order valence-corrected chi connectivity index (χ0v) is 8.33. The number of aliphatic carboxylic acids is 1. The first-order valence-corrected chi connectivity index (χ1v) is 5.16. The lowest BCUT2D eigenvalue weighted by Gasteiger charge is -2.51. The first-order chi connectivity index (χ1) is 6.57. The van der Waals surface area contributed by atoms with E-state index in [1.54, 1.807) is 0 Å². The first kappa shape index (κ1) is 9.71. The summed E-state index contributed by atoms with van der Waals surface area (Å²) in [5, 5.41) is 8.85. The summed E-state index contributed by atoms with van der Waals surface area (Å²) < 4.78 is 0. The van der Waals surface area contributed by atoms with Gasteiger partial charge in [0.25, 0.3) is 0 Å². The standard InChI is InChI=1S/C11H17NO2/c1-7-2-8-4-11(6-12,5-10(13)14)9(8)3-7/h8-9H,1-6,12H2,(H,13,14)/t8-,9-,11-/m1/s1. The van der Waals surface area contributed by atoms with Crippen LogP contribution in [0.2, 0.25) is 0 Å². The summed E-state index contributed by atoms with van der Waals surface area (Å²) in [6, 6.07) is 0. The Morgan fingerprint density at radius 3 is 2.86 bits per heavy atom. The van der Waals surface area contributed by atoms with E-state index < -0.39 is 5.97 Å². The molecule has 0 radical (unpaired) electrons. The van der Waals surface area contributed by atoms with Gasteiger partial charge in [-0.05, 0) is 43.1 Å². The molecule has 3 nitrogen and oxygen atoms in total. The molecule has 0 aliphatic heterocycles. The van der Waals surface area contributed by atoms with Crippen molar-refractivity contribution in [3.05, 3.63) is 12.2 Å². The van der Waals surface area contributed by atoms with Crippen LogP contribution in [0.5, 0.6) is 0 Å². The number of hydrogen-bond acceptors (Lipinski definition) is 2. The first-order valence-electron chi connectivity index (χ1n) is 5.16. The van der Waals surface area contributed by atoms with E-state index >= 15 is 0 Å². The van der Waals surface area contributed by atoms with Crippen LogP contribution in [0.1, 0.15) is 25.7 Å². The number of carbonyl (C=O) groups is 1. The lowest BCUT2D eigenvalue weighted by atomic mass is 9.53. The topological polar surface area (TPSA) is 63.3 Å². The number of fused-ring (bicyclic) bond motifs is 1. The number of carboxylic acids is 1. The van der Waals surface area contributed by atoms with Crippen LogP contribution in [-0.4, -0.2) is 17.6 Å². The third kappa shape index (κ3) is 1.27. The molecule has 0 unspecified atom stereocenters. The lowest BCUT2D eigenvalue weighted by Crippen LogP contribution is -2.51. The second kappa shape index (κ2) is 3.09. The van der Waals surface area contributed by atoms with Crippen molar-refractivity contribution in [1.29, 1.82) is 0 Å². The van der Waals surface area contributed by atoms with E-state index in [4.69, 9.17) is 10.8 Å². The zero-order chi connectivity index (χ0) is 10.3. The van der Waals surface area contributed by atoms with Crippen molar-refractivity contribution in [1.82, 2.24) is 0 Å². The van der Waals surface area contributed by atoms with Gasteiger partial charge < -0.3 is 10.8 Å². The van der Waals surface area contributed by atoms with E-state index in [1.807, 2.05) is 0 Å². The van der Waals surface area contributed by atoms with Crippen molar-refractivity contribution in [3.8, 4) is 0 Å². The van der Waals surface area contributed by atoms with Gasteiger partial charge in [0.15, 0.2) is 0 Å². The van der Waals surface area contributed by atoms with E-state index in [9.17, 15) is 4.79 Å². The van der Waals surface area contributed by atoms with Gasteiger partial charge in [-0.2, -0.15) is 0 Å². The molecule has 0 aromatic heterocycles. The second-order valence-corrected chi connectivity index (χ2v) is 4.87. The molecule has 0 aromatic carbocycles. The second-order valence-electron chi connectivity index (χ2n) is 4.87. The van der Waals surface area contributed by atoms with Crippen molar-refractivity contribution < 1.29 is 9.90 Å². The molecular formula is C11H17NO2. The Bertz CT molecular complexity index is 287. The predicted molar refractivity (Wildman–Crippen MR) is 53.7 cm³/mol. The Labute approximate surface area is 84.0 Å². The molecule has 0 heterocycles. The molecular weight excluding hydrogens is 178 g/mol. The van der Waals surface area contributed by atoms with Crippen molar-refractivity contribution >= 4 is 5.97 Å². The number of nitrogens with two attached hydrogens (primary N) is 1. The largest absolute Gasteiger partial charge is 0.481 e. The number of carboxylic acid groups (broad SMARTS) is 1. The van der Waals surface area contributed by atoms with Crippen LogP contribution in [-0.2, 0) is 4.79 Å². The molecule has 14 heavy (non-hydrogen) atoms. The van der Waals surface area contributed by atoms with Gasteiger partial charge >= 0.3 is 5.97 Å². The van der Waals surface area contributed by atoms with Crippen LogP contribution in [0, 0.1) is 17.3 Å². The molecule has 0 saturated heterocycles. The Hall–Kier alpha value is -0.830. The molecule has 2 saturated carbocycles. The maximum Gasteiger partial charge on any atom is 0.303 e. The number of rotatable bonds is 3. The molecule has 2 fully saturated rings. The highest BCUT2D eigenvalue weighted by atomic mass is 16.4. The molecule has 3 atom stereocenters. The molecule has 0 aromatic rings. The highest BCUT2D eigenvalue weighted by Gasteiger charge is 2.55. The molecule has 3 heteroatoms. The monoisotopic (exact) mass is 195 g/mol. The third-order valence-corrected chi connectivity index (χ3v) is 3.99. The maximum atomic E-state index is 10.8. The Balaban J connectivity index is 2.09. The summed E-state index contributed by atoms with van der Waals surface area (Å²) in [5.74, 6) is 0.452. The fraction of sp³-hybridized carbons (Fsp3) is 0.727. The quantitative estimate of drug-likeness (QED) is 0.669. The minimum absolute atomic E-state index is 0.115. The fourth-order valence-electron chi connectivity index (χ4n) is 3.33. The van der Waals surface area contributed by atoms with Crippen molar-refractivity contribution in [3.63, 3.8) is 0 Å². The molecule has 3 N–H and O–H groups in total. The third-order valence-electron chi connectivity index (χ3n) is 3.99. The summed E-state index contributed by atoms with van der Waals surface area (Å²) in [7, 11) is 0. The van der Waals surface area contributed by atoms with E-state index in [2.05, 4.69) is 6.58 Å². The van der Waals surface area contributed by atoms with Gasteiger partial charge in [-0.25, -0.2) is 0 Å². The van der Waals surface area contributed by atoms with Crippen LogP contribution in [0.3, 0.4) is 0 Å². The summed E-state index contributed by atoms with van der Waals surface area (Å²) in [6.07, 6.45) is 3.30. The molecule has 2 aliphatic rings. The van der Waals surface area contributed by atoms with Crippen LogP contribution in [0.4, 0.5) is 0 Å². The minimum atomic E-state index is -0.716. The van der Waals surface area contributed by atoms with Crippen molar-refractivity contribution in [2.45, 2.75) is 25.7 Å². The number of hydrogen-bond donors (Lipinski definition) is 2. The number of allylic oxidation sites excluding steroid dienone is 1. The van der Waals surface area contributed by atoms with Gasteiger partial charge in [-0.3, -0.25) is 4.79 Å². The Morgan fingerprint density at radius 2 is 2.36 bits per heavy atom. The highest BCUT2D eigenvalue weighted by Crippen LogP contribution is 2.61. The van der Waals surface area contributed by atoms with E-state index in [0.717, 1.165) is 19.3 Å². The molecule has 0 bridgehead atoms. The SMILES string of the molecule is C=C1C[C@@H]2C[C@](CN)(CC(=O)O)[C@@H]2C1. The molecule has 0 spiro atoms. The molecule has 2 rings (SSSR count). The van der Waals surface area contributed by atoms with Gasteiger partial charge in [0.1, 0.15) is 0 Å². The fourth-order valence-corrected chi connectivity index (χ4v) is 3.33. The Kier molecular flexibility index (Phi) is 2.14. The van der Waals surface area contributed by atoms with E-state index in [0.29, 0.717) is 18.4 Å².